The first-order valence-electron chi connectivity index (χ1n) is 10.2. The van der Waals surface area contributed by atoms with Gasteiger partial charge in [0.25, 0.3) is 10.1 Å². The molecule has 1 saturated heterocycles. The highest BCUT2D eigenvalue weighted by molar-refractivity contribution is 8.00. The maximum absolute atomic E-state index is 13.1. The molecule has 8 heteroatoms. The molecule has 0 unspecified atom stereocenters. The van der Waals surface area contributed by atoms with E-state index in [9.17, 15) is 18.0 Å². The zero-order valence-electron chi connectivity index (χ0n) is 17.5. The predicted molar refractivity (Wildman–Crippen MR) is 129 cm³/mol. The Morgan fingerprint density at radius 1 is 0.906 bits per heavy atom. The molecule has 1 aliphatic rings. The lowest BCUT2D eigenvalue weighted by Gasteiger charge is -2.30. The smallest absolute Gasteiger partial charge is 0.265 e. The summed E-state index contributed by atoms with van der Waals surface area (Å²) in [7, 11) is -3.99. The maximum Gasteiger partial charge on any atom is 0.265 e. The van der Waals surface area contributed by atoms with Crippen LogP contribution in [0, 0.1) is 0 Å². The Kier molecular flexibility index (Phi) is 8.44. The van der Waals surface area contributed by atoms with Crippen LogP contribution in [0.25, 0.3) is 12.2 Å². The van der Waals surface area contributed by atoms with E-state index in [0.717, 1.165) is 11.1 Å². The quantitative estimate of drug-likeness (QED) is 0.360. The summed E-state index contributed by atoms with van der Waals surface area (Å²) in [6.07, 6.45) is 3.87. The molecule has 1 aliphatic heterocycles. The standard InChI is InChI=1S/C24H25NO5S2/c26-23(11-12-31-13-14-32(28,29)30)25-17-21(15-19-7-3-1-4-8-19)24(27)22(18-25)16-20-9-5-2-6-10-20/h1-10,15-16H,11-14,17-18H2,(H,28,29,30)/b21-15+,22-16+. The lowest BCUT2D eigenvalue weighted by Crippen LogP contribution is -2.41. The van der Waals surface area contributed by atoms with Gasteiger partial charge in [-0.1, -0.05) is 60.7 Å². The number of Topliss-reactive ketones (excluding diaryl/α,β-unsaturated/α-hetero) is 1. The molecular weight excluding hydrogens is 446 g/mol. The molecule has 0 atom stereocenters. The predicted octanol–water partition coefficient (Wildman–Crippen LogP) is 3.58. The lowest BCUT2D eigenvalue weighted by molar-refractivity contribution is -0.130. The lowest BCUT2D eigenvalue weighted by atomic mass is 9.94. The number of hydrogen-bond donors (Lipinski definition) is 1. The maximum atomic E-state index is 13.1. The summed E-state index contributed by atoms with van der Waals surface area (Å²) in [5, 5.41) is 0. The van der Waals surface area contributed by atoms with Crippen LogP contribution in [-0.4, -0.2) is 59.9 Å². The fraction of sp³-hybridized carbons (Fsp3) is 0.250. The number of likely N-dealkylation sites (tertiary alicyclic amines) is 1. The summed E-state index contributed by atoms with van der Waals surface area (Å²) < 4.78 is 30.4. The van der Waals surface area contributed by atoms with Crippen molar-refractivity contribution in [3.05, 3.63) is 82.9 Å². The number of nitrogens with zero attached hydrogens (tertiary/aromatic N) is 1. The second-order valence-corrected chi connectivity index (χ2v) is 10.2. The van der Waals surface area contributed by atoms with Crippen molar-refractivity contribution in [3.8, 4) is 0 Å². The Morgan fingerprint density at radius 3 is 1.88 bits per heavy atom. The molecule has 0 saturated carbocycles. The third-order valence-corrected chi connectivity index (χ3v) is 6.85. The van der Waals surface area contributed by atoms with Crippen LogP contribution in [0.1, 0.15) is 17.5 Å². The van der Waals surface area contributed by atoms with E-state index >= 15 is 0 Å². The third-order valence-electron chi connectivity index (χ3n) is 4.89. The molecule has 0 spiro atoms. The molecular formula is C24H25NO5S2. The van der Waals surface area contributed by atoms with Gasteiger partial charge in [0.05, 0.1) is 5.75 Å². The van der Waals surface area contributed by atoms with Crippen molar-refractivity contribution in [2.75, 3.05) is 30.3 Å². The molecule has 6 nitrogen and oxygen atoms in total. The van der Waals surface area contributed by atoms with E-state index in [0.29, 0.717) is 16.9 Å². The fourth-order valence-electron chi connectivity index (χ4n) is 3.30. The third kappa shape index (κ3) is 7.47. The highest BCUT2D eigenvalue weighted by Crippen LogP contribution is 2.23. The van der Waals surface area contributed by atoms with Gasteiger partial charge < -0.3 is 4.90 Å². The average molecular weight is 472 g/mol. The number of thioether (sulfide) groups is 1. The van der Waals surface area contributed by atoms with Gasteiger partial charge in [0.15, 0.2) is 5.78 Å². The van der Waals surface area contributed by atoms with Gasteiger partial charge in [-0.15, -0.1) is 0 Å². The van der Waals surface area contributed by atoms with Crippen LogP contribution in [-0.2, 0) is 19.7 Å². The molecule has 1 amide bonds. The van der Waals surface area contributed by atoms with Crippen LogP contribution in [0.5, 0.6) is 0 Å². The van der Waals surface area contributed by atoms with Gasteiger partial charge in [0.2, 0.25) is 5.91 Å². The fourth-order valence-corrected chi connectivity index (χ4v) is 5.14. The highest BCUT2D eigenvalue weighted by atomic mass is 32.2. The first-order chi connectivity index (χ1) is 15.3. The molecule has 0 aromatic heterocycles. The molecule has 2 aromatic carbocycles. The van der Waals surface area contributed by atoms with Gasteiger partial charge >= 0.3 is 0 Å². The second-order valence-electron chi connectivity index (χ2n) is 7.39. The van der Waals surface area contributed by atoms with E-state index in [2.05, 4.69) is 0 Å². The van der Waals surface area contributed by atoms with Gasteiger partial charge in [0, 0.05) is 42.2 Å². The van der Waals surface area contributed by atoms with E-state index in [1.807, 2.05) is 72.8 Å². The number of carbonyl (C=O) groups is 2. The van der Waals surface area contributed by atoms with Gasteiger partial charge in [-0.3, -0.25) is 14.1 Å². The Balaban J connectivity index is 1.75. The van der Waals surface area contributed by atoms with Crippen LogP contribution < -0.4 is 0 Å². The van der Waals surface area contributed by atoms with Crippen LogP contribution in [0.3, 0.4) is 0 Å². The summed E-state index contributed by atoms with van der Waals surface area (Å²) >= 11 is 1.30. The van der Waals surface area contributed by atoms with Crippen molar-refractivity contribution in [2.45, 2.75) is 6.42 Å². The van der Waals surface area contributed by atoms with Gasteiger partial charge in [0.1, 0.15) is 0 Å². The highest BCUT2D eigenvalue weighted by Gasteiger charge is 2.28. The van der Waals surface area contributed by atoms with E-state index in [-0.39, 0.29) is 42.7 Å². The Labute approximate surface area is 192 Å². The van der Waals surface area contributed by atoms with Crippen LogP contribution in [0.15, 0.2) is 71.8 Å². The van der Waals surface area contributed by atoms with E-state index in [4.69, 9.17) is 4.55 Å². The molecule has 1 N–H and O–H groups in total. The van der Waals surface area contributed by atoms with Crippen LogP contribution in [0.4, 0.5) is 0 Å². The summed E-state index contributed by atoms with van der Waals surface area (Å²) in [6.45, 7) is 0.461. The minimum Gasteiger partial charge on any atom is -0.334 e. The number of rotatable bonds is 8. The van der Waals surface area contributed by atoms with Crippen molar-refractivity contribution in [1.29, 1.82) is 0 Å². The minimum absolute atomic E-state index is 0.0655. The van der Waals surface area contributed by atoms with Crippen LogP contribution in [0.2, 0.25) is 0 Å². The van der Waals surface area contributed by atoms with Gasteiger partial charge in [-0.05, 0) is 23.3 Å². The van der Waals surface area contributed by atoms with Gasteiger partial charge in [-0.2, -0.15) is 20.2 Å². The van der Waals surface area contributed by atoms with Crippen molar-refractivity contribution in [1.82, 2.24) is 4.90 Å². The Bertz CT molecular complexity index is 1050. The number of piperidine rings is 1. The zero-order chi connectivity index (χ0) is 23.0. The Morgan fingerprint density at radius 2 is 1.41 bits per heavy atom. The first kappa shape index (κ1) is 24.0. The molecule has 0 bridgehead atoms. The van der Waals surface area contributed by atoms with E-state index in [1.54, 1.807) is 4.90 Å². The normalized spacial score (nSPS) is 17.2. The largest absolute Gasteiger partial charge is 0.334 e. The number of ketones is 1. The van der Waals surface area contributed by atoms with E-state index in [1.165, 1.54) is 11.8 Å². The second kappa shape index (κ2) is 11.3. The average Bonchev–Trinajstić information content (AvgIpc) is 2.76. The SMILES string of the molecule is O=C1/C(=C/c2ccccc2)CN(C(=O)CCSCCS(=O)(=O)O)C/C1=C\c1ccccc1. The van der Waals surface area contributed by atoms with Crippen molar-refractivity contribution in [3.63, 3.8) is 0 Å². The number of carbonyl (C=O) groups excluding carboxylic acids is 2. The number of amides is 1. The molecule has 2 aromatic rings. The molecule has 0 radical (unpaired) electrons. The summed E-state index contributed by atoms with van der Waals surface area (Å²) in [6, 6.07) is 19.0. The molecule has 0 aliphatic carbocycles. The summed E-state index contributed by atoms with van der Waals surface area (Å²) in [5.74, 6) is 0.161. The van der Waals surface area contributed by atoms with Crippen molar-refractivity contribution >= 4 is 45.7 Å². The van der Waals surface area contributed by atoms with Crippen molar-refractivity contribution < 1.29 is 22.6 Å². The first-order valence-corrected chi connectivity index (χ1v) is 12.9. The molecule has 32 heavy (non-hydrogen) atoms. The van der Waals surface area contributed by atoms with Crippen molar-refractivity contribution in [2.24, 2.45) is 0 Å². The zero-order valence-corrected chi connectivity index (χ0v) is 19.1. The Hall–Kier alpha value is -2.68. The van der Waals surface area contributed by atoms with Crippen LogP contribution >= 0.6 is 11.8 Å². The molecule has 3 rings (SSSR count). The minimum atomic E-state index is -3.99. The molecule has 1 heterocycles. The number of benzene rings is 2. The topological polar surface area (TPSA) is 91.8 Å². The molecule has 1 fully saturated rings. The molecule has 168 valence electrons. The number of hydrogen-bond acceptors (Lipinski definition) is 5. The summed E-state index contributed by atoms with van der Waals surface area (Å²) in [4.78, 5) is 27.6. The van der Waals surface area contributed by atoms with E-state index < -0.39 is 10.1 Å². The monoisotopic (exact) mass is 471 g/mol. The van der Waals surface area contributed by atoms with Gasteiger partial charge in [-0.25, -0.2) is 0 Å². The summed E-state index contributed by atoms with van der Waals surface area (Å²) in [5.41, 5.74) is 2.89.